The lowest BCUT2D eigenvalue weighted by Crippen LogP contribution is -2.06. The molecular weight excluding hydrogens is 254 g/mol. The fraction of sp³-hybridized carbons (Fsp3) is 0.556. The largest absolute Gasteiger partial charge is 0.479 e. The molecule has 0 radical (unpaired) electrons. The Morgan fingerprint density at radius 3 is 2.82 bits per heavy atom. The number of nitriles is 1. The third-order valence-corrected chi connectivity index (χ3v) is 2.35. The first kappa shape index (κ1) is 13.6. The third kappa shape index (κ3) is 4.13. The summed E-state index contributed by atoms with van der Waals surface area (Å²) in [5.41, 5.74) is -0.119. The van der Waals surface area contributed by atoms with Crippen LogP contribution in [0.5, 0.6) is 10.9 Å². The maximum absolute atomic E-state index is 12.0. The zero-order valence-corrected chi connectivity index (χ0v) is 9.80. The van der Waals surface area contributed by atoms with E-state index in [2.05, 4.69) is 9.11 Å². The summed E-state index contributed by atoms with van der Waals surface area (Å²) in [5.74, 6) is -0.404. The average Bonchev–Trinajstić information content (AvgIpc) is 2.66. The van der Waals surface area contributed by atoms with Gasteiger partial charge in [0.2, 0.25) is 5.06 Å². The number of rotatable bonds is 7. The number of nitrogens with zero attached hydrogens (tertiary/aromatic N) is 2. The molecule has 1 heterocycles. The highest BCUT2D eigenvalue weighted by Crippen LogP contribution is 2.32. The first-order chi connectivity index (χ1) is 8.19. The van der Waals surface area contributed by atoms with Crippen LogP contribution in [-0.2, 0) is 4.74 Å². The van der Waals surface area contributed by atoms with Crippen molar-refractivity contribution in [2.24, 2.45) is 0 Å². The quantitative estimate of drug-likeness (QED) is 0.705. The molecule has 0 aliphatic rings. The van der Waals surface area contributed by atoms with Gasteiger partial charge < -0.3 is 14.2 Å². The van der Waals surface area contributed by atoms with E-state index in [9.17, 15) is 8.78 Å². The molecule has 0 aromatic carbocycles. The summed E-state index contributed by atoms with van der Waals surface area (Å²) in [7, 11) is 0. The van der Waals surface area contributed by atoms with E-state index in [0.29, 0.717) is 13.2 Å². The maximum Gasteiger partial charge on any atom is 0.388 e. The van der Waals surface area contributed by atoms with Crippen LogP contribution in [-0.4, -0.2) is 30.8 Å². The molecule has 0 saturated heterocycles. The molecule has 0 saturated carbocycles. The van der Waals surface area contributed by atoms with Crippen LogP contribution >= 0.6 is 11.5 Å². The van der Waals surface area contributed by atoms with Gasteiger partial charge in [-0.05, 0) is 6.92 Å². The summed E-state index contributed by atoms with van der Waals surface area (Å²) >= 11 is 0.792. The molecule has 17 heavy (non-hydrogen) atoms. The SMILES string of the molecule is CCOCCOc1snc(OC(F)F)c1C#N. The highest BCUT2D eigenvalue weighted by Gasteiger charge is 2.19. The number of hydrogen-bond acceptors (Lipinski definition) is 6. The second-order valence-electron chi connectivity index (χ2n) is 2.69. The van der Waals surface area contributed by atoms with E-state index in [1.165, 1.54) is 0 Å². The van der Waals surface area contributed by atoms with Gasteiger partial charge in [-0.15, -0.1) is 0 Å². The van der Waals surface area contributed by atoms with E-state index in [4.69, 9.17) is 14.7 Å². The number of aromatic nitrogens is 1. The molecule has 0 unspecified atom stereocenters. The third-order valence-electron chi connectivity index (χ3n) is 1.61. The second kappa shape index (κ2) is 6.98. The maximum atomic E-state index is 12.0. The van der Waals surface area contributed by atoms with Crippen molar-refractivity contribution in [3.63, 3.8) is 0 Å². The zero-order chi connectivity index (χ0) is 12.7. The predicted molar refractivity (Wildman–Crippen MR) is 55.4 cm³/mol. The van der Waals surface area contributed by atoms with Gasteiger partial charge in [0.05, 0.1) is 6.61 Å². The van der Waals surface area contributed by atoms with Crippen molar-refractivity contribution in [1.82, 2.24) is 4.37 Å². The molecule has 0 aliphatic carbocycles. The van der Waals surface area contributed by atoms with Crippen molar-refractivity contribution < 1.29 is 23.0 Å². The van der Waals surface area contributed by atoms with Gasteiger partial charge in [-0.3, -0.25) is 0 Å². The van der Waals surface area contributed by atoms with Crippen LogP contribution in [0.4, 0.5) is 8.78 Å². The summed E-state index contributed by atoms with van der Waals surface area (Å²) in [6.07, 6.45) is 0. The Balaban J connectivity index is 2.60. The second-order valence-corrected chi connectivity index (χ2v) is 3.42. The van der Waals surface area contributed by atoms with Crippen LogP contribution in [0.1, 0.15) is 12.5 Å². The van der Waals surface area contributed by atoms with Crippen LogP contribution in [0.2, 0.25) is 0 Å². The first-order valence-corrected chi connectivity index (χ1v) is 5.51. The van der Waals surface area contributed by atoms with Crippen molar-refractivity contribution in [3.8, 4) is 17.0 Å². The van der Waals surface area contributed by atoms with Crippen molar-refractivity contribution in [2.75, 3.05) is 19.8 Å². The minimum Gasteiger partial charge on any atom is -0.479 e. The lowest BCUT2D eigenvalue weighted by Gasteiger charge is -2.03. The van der Waals surface area contributed by atoms with Gasteiger partial charge >= 0.3 is 6.61 Å². The van der Waals surface area contributed by atoms with Crippen LogP contribution in [0.15, 0.2) is 0 Å². The van der Waals surface area contributed by atoms with E-state index in [1.807, 2.05) is 6.92 Å². The molecule has 1 aromatic rings. The van der Waals surface area contributed by atoms with Crippen LogP contribution in [0.25, 0.3) is 0 Å². The number of hydrogen-bond donors (Lipinski definition) is 0. The molecule has 0 atom stereocenters. The number of halogens is 2. The predicted octanol–water partition coefficient (Wildman–Crippen LogP) is 2.03. The van der Waals surface area contributed by atoms with Crippen molar-refractivity contribution >= 4 is 11.5 Å². The Morgan fingerprint density at radius 2 is 2.24 bits per heavy atom. The van der Waals surface area contributed by atoms with E-state index in [1.54, 1.807) is 6.07 Å². The van der Waals surface area contributed by atoms with Crippen LogP contribution in [0, 0.1) is 11.3 Å². The van der Waals surface area contributed by atoms with Gasteiger partial charge in [0.25, 0.3) is 5.88 Å². The summed E-state index contributed by atoms with van der Waals surface area (Å²) in [4.78, 5) is 0. The lowest BCUT2D eigenvalue weighted by molar-refractivity contribution is -0.0524. The van der Waals surface area contributed by atoms with Gasteiger partial charge in [0, 0.05) is 18.1 Å². The number of alkyl halides is 2. The molecule has 1 aromatic heterocycles. The van der Waals surface area contributed by atoms with Gasteiger partial charge in [-0.25, -0.2) is 0 Å². The Bertz CT molecular complexity index is 392. The van der Waals surface area contributed by atoms with Crippen LogP contribution in [0.3, 0.4) is 0 Å². The summed E-state index contributed by atoms with van der Waals surface area (Å²) in [6.45, 7) is -0.0531. The summed E-state index contributed by atoms with van der Waals surface area (Å²) < 4.78 is 41.8. The highest BCUT2D eigenvalue weighted by atomic mass is 32.1. The van der Waals surface area contributed by atoms with E-state index >= 15 is 0 Å². The van der Waals surface area contributed by atoms with Gasteiger partial charge in [0.1, 0.15) is 12.7 Å². The molecular formula is C9H10F2N2O3S. The first-order valence-electron chi connectivity index (χ1n) is 4.74. The molecule has 0 fully saturated rings. The Kier molecular flexibility index (Phi) is 5.59. The van der Waals surface area contributed by atoms with Gasteiger partial charge in [-0.2, -0.15) is 18.4 Å². The molecule has 0 N–H and O–H groups in total. The minimum absolute atomic E-state index is 0.119. The molecule has 0 aliphatic heterocycles. The Labute approximate surface area is 101 Å². The molecule has 8 heteroatoms. The minimum atomic E-state index is -3.01. The van der Waals surface area contributed by atoms with Gasteiger partial charge in [-0.1, -0.05) is 0 Å². The monoisotopic (exact) mass is 264 g/mol. The molecule has 0 bridgehead atoms. The molecule has 0 amide bonds. The van der Waals surface area contributed by atoms with E-state index in [0.717, 1.165) is 11.5 Å². The lowest BCUT2D eigenvalue weighted by atomic mass is 10.4. The highest BCUT2D eigenvalue weighted by molar-refractivity contribution is 7.08. The average molecular weight is 264 g/mol. The van der Waals surface area contributed by atoms with Crippen molar-refractivity contribution in [2.45, 2.75) is 13.5 Å². The Hall–Kier alpha value is -1.46. The molecule has 5 nitrogen and oxygen atoms in total. The van der Waals surface area contributed by atoms with Gasteiger partial charge in [0.15, 0.2) is 5.56 Å². The van der Waals surface area contributed by atoms with Crippen LogP contribution < -0.4 is 9.47 Å². The van der Waals surface area contributed by atoms with E-state index < -0.39 is 12.5 Å². The van der Waals surface area contributed by atoms with E-state index in [-0.39, 0.29) is 17.2 Å². The smallest absolute Gasteiger partial charge is 0.388 e. The molecule has 1 rings (SSSR count). The fourth-order valence-electron chi connectivity index (χ4n) is 0.956. The zero-order valence-electron chi connectivity index (χ0n) is 8.98. The molecule has 0 spiro atoms. The topological polar surface area (TPSA) is 64.4 Å². The number of ether oxygens (including phenoxy) is 3. The van der Waals surface area contributed by atoms with Crippen molar-refractivity contribution in [3.05, 3.63) is 5.56 Å². The van der Waals surface area contributed by atoms with Crippen molar-refractivity contribution in [1.29, 1.82) is 5.26 Å². The fourth-order valence-corrected chi connectivity index (χ4v) is 1.62. The standard InChI is InChI=1S/C9H10F2N2O3S/c1-2-14-3-4-15-8-6(5-12)7(13-17-8)16-9(10)11/h9H,2-4H2,1H3. The summed E-state index contributed by atoms with van der Waals surface area (Å²) in [6, 6.07) is 1.71. The Morgan fingerprint density at radius 1 is 1.47 bits per heavy atom. The normalized spacial score (nSPS) is 10.3. The molecule has 94 valence electrons. The summed E-state index contributed by atoms with van der Waals surface area (Å²) in [5, 5.41) is 8.94.